The fraction of sp³-hybridized carbons (Fsp3) is 0.136. The fourth-order valence-corrected chi connectivity index (χ4v) is 3.55. The summed E-state index contributed by atoms with van der Waals surface area (Å²) in [7, 11) is 0. The average Bonchev–Trinajstić information content (AvgIpc) is 3.03. The highest BCUT2D eigenvalue weighted by Crippen LogP contribution is 2.44. The number of aliphatic hydroxyl groups excluding tert-OH is 1. The van der Waals surface area contributed by atoms with Crippen molar-refractivity contribution in [2.45, 2.75) is 12.5 Å². The second-order valence-electron chi connectivity index (χ2n) is 6.53. The van der Waals surface area contributed by atoms with Gasteiger partial charge in [0.05, 0.1) is 12.3 Å². The number of rotatable bonds is 4. The highest BCUT2D eigenvalue weighted by Gasteiger charge is 2.29. The van der Waals surface area contributed by atoms with E-state index in [2.05, 4.69) is 5.32 Å². The predicted octanol–water partition coefficient (Wildman–Crippen LogP) is 4.82. The second-order valence-corrected chi connectivity index (χ2v) is 6.53. The summed E-state index contributed by atoms with van der Waals surface area (Å²) in [6.45, 7) is -0.563. The number of amides is 1. The lowest BCUT2D eigenvalue weighted by Crippen LogP contribution is -2.18. The van der Waals surface area contributed by atoms with Gasteiger partial charge in [0.1, 0.15) is 18.2 Å². The van der Waals surface area contributed by atoms with E-state index in [1.54, 1.807) is 0 Å². The predicted molar refractivity (Wildman–Crippen MR) is 101 cm³/mol. The zero-order valence-electron chi connectivity index (χ0n) is 14.8. The molecule has 2 N–H and O–H groups in total. The molecular formula is C22H17F2NO3. The number of halogens is 2. The smallest absolute Gasteiger partial charge is 0.411 e. The van der Waals surface area contributed by atoms with Gasteiger partial charge in [0.15, 0.2) is 0 Å². The molecule has 3 aromatic rings. The number of carbonyl (C=O) groups excluding carboxylic acids is 1. The van der Waals surface area contributed by atoms with Gasteiger partial charge >= 0.3 is 6.09 Å². The number of carbonyl (C=O) groups is 1. The zero-order valence-corrected chi connectivity index (χ0v) is 14.8. The molecule has 3 aromatic carbocycles. The van der Waals surface area contributed by atoms with E-state index in [9.17, 15) is 13.6 Å². The van der Waals surface area contributed by atoms with E-state index in [4.69, 9.17) is 9.84 Å². The Morgan fingerprint density at radius 2 is 1.57 bits per heavy atom. The van der Waals surface area contributed by atoms with E-state index in [0.717, 1.165) is 34.4 Å². The van der Waals surface area contributed by atoms with Crippen LogP contribution in [0.3, 0.4) is 0 Å². The van der Waals surface area contributed by atoms with Gasteiger partial charge in [-0.2, -0.15) is 0 Å². The molecule has 1 aliphatic carbocycles. The first-order valence-corrected chi connectivity index (χ1v) is 8.79. The Hall–Kier alpha value is -3.25. The van der Waals surface area contributed by atoms with Crippen LogP contribution in [-0.4, -0.2) is 17.8 Å². The Kier molecular flexibility index (Phi) is 4.79. The lowest BCUT2D eigenvalue weighted by atomic mass is 9.98. The number of benzene rings is 3. The molecule has 0 heterocycles. The lowest BCUT2D eigenvalue weighted by molar-refractivity contribution is 0.158. The van der Waals surface area contributed by atoms with E-state index in [1.165, 1.54) is 0 Å². The van der Waals surface area contributed by atoms with Crippen molar-refractivity contribution >= 4 is 11.8 Å². The maximum absolute atomic E-state index is 14.0. The van der Waals surface area contributed by atoms with Crippen molar-refractivity contribution in [1.82, 2.24) is 0 Å². The second kappa shape index (κ2) is 7.40. The van der Waals surface area contributed by atoms with Gasteiger partial charge in [0, 0.05) is 17.5 Å². The standard InChI is InChI=1S/C22H17F2NO3/c23-19-10-21(20(24)9-13(19)11-26)25-22(27)28-12-18-16-7-3-1-5-14(16)15-6-2-4-8-17(15)18/h1-10,18,26H,11-12H2,(H,25,27). The first-order valence-electron chi connectivity index (χ1n) is 8.79. The van der Waals surface area contributed by atoms with Gasteiger partial charge < -0.3 is 9.84 Å². The van der Waals surface area contributed by atoms with Crippen LogP contribution in [0.2, 0.25) is 0 Å². The normalized spacial score (nSPS) is 12.4. The van der Waals surface area contributed by atoms with E-state index >= 15 is 0 Å². The molecule has 1 amide bonds. The quantitative estimate of drug-likeness (QED) is 0.681. The van der Waals surface area contributed by atoms with Crippen LogP contribution in [0.25, 0.3) is 11.1 Å². The molecule has 0 radical (unpaired) electrons. The first-order chi connectivity index (χ1) is 13.6. The van der Waals surface area contributed by atoms with E-state index < -0.39 is 24.3 Å². The molecule has 0 saturated heterocycles. The number of hydrogen-bond acceptors (Lipinski definition) is 3. The summed E-state index contributed by atoms with van der Waals surface area (Å²) in [6.07, 6.45) is -0.878. The molecule has 142 valence electrons. The van der Waals surface area contributed by atoms with Crippen molar-refractivity contribution in [3.8, 4) is 11.1 Å². The van der Waals surface area contributed by atoms with Crippen molar-refractivity contribution in [2.75, 3.05) is 11.9 Å². The summed E-state index contributed by atoms with van der Waals surface area (Å²) in [6, 6.07) is 17.5. The number of hydrogen-bond donors (Lipinski definition) is 2. The molecular weight excluding hydrogens is 364 g/mol. The Balaban J connectivity index is 1.49. The monoisotopic (exact) mass is 381 g/mol. The Bertz CT molecular complexity index is 1010. The maximum Gasteiger partial charge on any atom is 0.411 e. The third kappa shape index (κ3) is 3.23. The highest BCUT2D eigenvalue weighted by atomic mass is 19.1. The Morgan fingerprint density at radius 3 is 2.18 bits per heavy atom. The number of anilines is 1. The van der Waals surface area contributed by atoms with Crippen LogP contribution in [0, 0.1) is 11.6 Å². The average molecular weight is 381 g/mol. The van der Waals surface area contributed by atoms with Gasteiger partial charge in [-0.1, -0.05) is 48.5 Å². The van der Waals surface area contributed by atoms with Gasteiger partial charge in [-0.05, 0) is 28.3 Å². The number of ether oxygens (including phenoxy) is 1. The summed E-state index contributed by atoms with van der Waals surface area (Å²) in [5, 5.41) is 11.2. The molecule has 0 aliphatic heterocycles. The molecule has 0 unspecified atom stereocenters. The fourth-order valence-electron chi connectivity index (χ4n) is 3.55. The molecule has 4 rings (SSSR count). The van der Waals surface area contributed by atoms with Crippen LogP contribution in [-0.2, 0) is 11.3 Å². The minimum atomic E-state index is -0.878. The minimum Gasteiger partial charge on any atom is -0.448 e. The Morgan fingerprint density at radius 1 is 0.964 bits per heavy atom. The van der Waals surface area contributed by atoms with E-state index in [-0.39, 0.29) is 23.8 Å². The molecule has 0 bridgehead atoms. The molecule has 0 atom stereocenters. The largest absolute Gasteiger partial charge is 0.448 e. The Labute approximate surface area is 160 Å². The van der Waals surface area contributed by atoms with Crippen LogP contribution in [0.15, 0.2) is 60.7 Å². The summed E-state index contributed by atoms with van der Waals surface area (Å²) in [4.78, 5) is 12.1. The summed E-state index contributed by atoms with van der Waals surface area (Å²) in [5.41, 5.74) is 3.78. The molecule has 0 spiro atoms. The van der Waals surface area contributed by atoms with Crippen molar-refractivity contribution in [1.29, 1.82) is 0 Å². The third-order valence-electron chi connectivity index (χ3n) is 4.89. The van der Waals surface area contributed by atoms with Gasteiger partial charge in [-0.25, -0.2) is 13.6 Å². The van der Waals surface area contributed by atoms with Gasteiger partial charge in [0.25, 0.3) is 0 Å². The van der Waals surface area contributed by atoms with Crippen LogP contribution in [0.1, 0.15) is 22.6 Å². The van der Waals surface area contributed by atoms with Crippen molar-refractivity contribution < 1.29 is 23.4 Å². The molecule has 6 heteroatoms. The van der Waals surface area contributed by atoms with E-state index in [1.807, 2.05) is 48.5 Å². The van der Waals surface area contributed by atoms with Gasteiger partial charge in [-0.15, -0.1) is 0 Å². The summed E-state index contributed by atoms with van der Waals surface area (Å²) >= 11 is 0. The highest BCUT2D eigenvalue weighted by molar-refractivity contribution is 5.85. The van der Waals surface area contributed by atoms with Crippen molar-refractivity contribution in [2.24, 2.45) is 0 Å². The first kappa shape index (κ1) is 18.1. The topological polar surface area (TPSA) is 58.6 Å². The van der Waals surface area contributed by atoms with Crippen LogP contribution >= 0.6 is 0 Å². The van der Waals surface area contributed by atoms with Crippen LogP contribution in [0.4, 0.5) is 19.3 Å². The van der Waals surface area contributed by atoms with Crippen molar-refractivity contribution in [3.05, 3.63) is 89.0 Å². The zero-order chi connectivity index (χ0) is 19.7. The van der Waals surface area contributed by atoms with Crippen molar-refractivity contribution in [3.63, 3.8) is 0 Å². The molecule has 1 aliphatic rings. The van der Waals surface area contributed by atoms with Crippen LogP contribution in [0.5, 0.6) is 0 Å². The molecule has 0 fully saturated rings. The molecule has 0 saturated carbocycles. The van der Waals surface area contributed by atoms with Gasteiger partial charge in [-0.3, -0.25) is 5.32 Å². The van der Waals surface area contributed by atoms with Gasteiger partial charge in [0.2, 0.25) is 0 Å². The molecule has 4 nitrogen and oxygen atoms in total. The number of fused-ring (bicyclic) bond motifs is 3. The number of nitrogens with one attached hydrogen (secondary N) is 1. The lowest BCUT2D eigenvalue weighted by Gasteiger charge is -2.15. The van der Waals surface area contributed by atoms with E-state index in [0.29, 0.717) is 0 Å². The molecule has 0 aromatic heterocycles. The summed E-state index contributed by atoms with van der Waals surface area (Å²) in [5.74, 6) is -1.78. The minimum absolute atomic E-state index is 0.0681. The summed E-state index contributed by atoms with van der Waals surface area (Å²) < 4.78 is 33.0. The number of aliphatic hydroxyl groups is 1. The SMILES string of the molecule is O=C(Nc1cc(F)c(CO)cc1F)OCC1c2ccccc2-c2ccccc21. The maximum atomic E-state index is 14.0. The third-order valence-corrected chi connectivity index (χ3v) is 4.89. The molecule has 28 heavy (non-hydrogen) atoms. The van der Waals surface area contributed by atoms with Crippen LogP contribution < -0.4 is 5.32 Å².